The molecule has 16 heavy (non-hydrogen) atoms. The van der Waals surface area contributed by atoms with Crippen LogP contribution in [0.3, 0.4) is 0 Å². The number of halogens is 1. The summed E-state index contributed by atoms with van der Waals surface area (Å²) in [4.78, 5) is 1.91. The summed E-state index contributed by atoms with van der Waals surface area (Å²) in [7, 11) is 3.52. The summed E-state index contributed by atoms with van der Waals surface area (Å²) in [6, 6.07) is 6.27. The SMILES string of the molecule is COCCCN(C)c1cc(F)cc(C#N)c1. The van der Waals surface area contributed by atoms with Gasteiger partial charge in [0.25, 0.3) is 0 Å². The zero-order chi connectivity index (χ0) is 12.0. The molecule has 0 aliphatic carbocycles. The van der Waals surface area contributed by atoms with E-state index in [0.29, 0.717) is 17.9 Å². The molecule has 0 unspecified atom stereocenters. The summed E-state index contributed by atoms with van der Waals surface area (Å²) in [5.74, 6) is -0.382. The molecular formula is C12H15FN2O. The summed E-state index contributed by atoms with van der Waals surface area (Å²) in [6.45, 7) is 1.44. The van der Waals surface area contributed by atoms with Gasteiger partial charge in [-0.2, -0.15) is 5.26 Å². The molecule has 0 heterocycles. The van der Waals surface area contributed by atoms with Gasteiger partial charge < -0.3 is 9.64 Å². The van der Waals surface area contributed by atoms with Gasteiger partial charge in [0.1, 0.15) is 5.82 Å². The fourth-order valence-electron chi connectivity index (χ4n) is 1.43. The van der Waals surface area contributed by atoms with Crippen molar-refractivity contribution in [3.63, 3.8) is 0 Å². The van der Waals surface area contributed by atoms with Gasteiger partial charge in [0.2, 0.25) is 0 Å². The Hall–Kier alpha value is -1.60. The van der Waals surface area contributed by atoms with Crippen LogP contribution in [-0.4, -0.2) is 27.3 Å². The van der Waals surface area contributed by atoms with Crippen LogP contribution in [0.15, 0.2) is 18.2 Å². The molecule has 86 valence electrons. The number of anilines is 1. The maximum Gasteiger partial charge on any atom is 0.126 e. The Bertz CT molecular complexity index is 387. The molecule has 0 aliphatic heterocycles. The average Bonchev–Trinajstić information content (AvgIpc) is 2.28. The second kappa shape index (κ2) is 6.09. The third-order valence-electron chi connectivity index (χ3n) is 2.29. The number of benzene rings is 1. The third-order valence-corrected chi connectivity index (χ3v) is 2.29. The highest BCUT2D eigenvalue weighted by Crippen LogP contribution is 2.17. The van der Waals surface area contributed by atoms with Crippen LogP contribution in [0.5, 0.6) is 0 Å². The minimum Gasteiger partial charge on any atom is -0.385 e. The van der Waals surface area contributed by atoms with Crippen molar-refractivity contribution in [2.75, 3.05) is 32.2 Å². The van der Waals surface area contributed by atoms with Gasteiger partial charge in [-0.15, -0.1) is 0 Å². The minimum absolute atomic E-state index is 0.341. The molecule has 0 amide bonds. The Morgan fingerprint density at radius 1 is 1.44 bits per heavy atom. The highest BCUT2D eigenvalue weighted by atomic mass is 19.1. The van der Waals surface area contributed by atoms with Crippen molar-refractivity contribution in [2.24, 2.45) is 0 Å². The van der Waals surface area contributed by atoms with Crippen LogP contribution in [0.25, 0.3) is 0 Å². The average molecular weight is 222 g/mol. The van der Waals surface area contributed by atoms with Gasteiger partial charge in [-0.05, 0) is 24.6 Å². The number of hydrogen-bond acceptors (Lipinski definition) is 3. The predicted molar refractivity (Wildman–Crippen MR) is 60.9 cm³/mol. The zero-order valence-corrected chi connectivity index (χ0v) is 9.53. The predicted octanol–water partition coefficient (Wildman–Crippen LogP) is 2.17. The number of nitrogens with zero attached hydrogens (tertiary/aromatic N) is 2. The second-order valence-corrected chi connectivity index (χ2v) is 3.58. The molecule has 3 nitrogen and oxygen atoms in total. The zero-order valence-electron chi connectivity index (χ0n) is 9.53. The van der Waals surface area contributed by atoms with E-state index in [1.54, 1.807) is 13.2 Å². The molecule has 1 aromatic carbocycles. The van der Waals surface area contributed by atoms with Crippen molar-refractivity contribution in [3.8, 4) is 6.07 Å². The fourth-order valence-corrected chi connectivity index (χ4v) is 1.43. The monoisotopic (exact) mass is 222 g/mol. The Balaban J connectivity index is 2.71. The molecule has 0 bridgehead atoms. The van der Waals surface area contributed by atoms with E-state index in [1.165, 1.54) is 12.1 Å². The third kappa shape index (κ3) is 3.52. The molecular weight excluding hydrogens is 207 g/mol. The lowest BCUT2D eigenvalue weighted by molar-refractivity contribution is 0.196. The van der Waals surface area contributed by atoms with E-state index in [1.807, 2.05) is 18.0 Å². The summed E-state index contributed by atoms with van der Waals surface area (Å²) in [5.41, 5.74) is 1.06. The van der Waals surface area contributed by atoms with Crippen LogP contribution in [0.1, 0.15) is 12.0 Å². The molecule has 0 N–H and O–H groups in total. The van der Waals surface area contributed by atoms with Crippen LogP contribution in [0.4, 0.5) is 10.1 Å². The van der Waals surface area contributed by atoms with Gasteiger partial charge >= 0.3 is 0 Å². The molecule has 0 saturated carbocycles. The standard InChI is InChI=1S/C12H15FN2O/c1-15(4-3-5-16-2)12-7-10(9-14)6-11(13)8-12/h6-8H,3-5H2,1-2H3. The minimum atomic E-state index is -0.382. The van der Waals surface area contributed by atoms with Crippen molar-refractivity contribution in [1.82, 2.24) is 0 Å². The van der Waals surface area contributed by atoms with Crippen molar-refractivity contribution < 1.29 is 9.13 Å². The van der Waals surface area contributed by atoms with Crippen molar-refractivity contribution in [2.45, 2.75) is 6.42 Å². The highest BCUT2D eigenvalue weighted by molar-refractivity contribution is 5.51. The summed E-state index contributed by atoms with van der Waals surface area (Å²) in [6.07, 6.45) is 0.866. The molecule has 1 rings (SSSR count). The van der Waals surface area contributed by atoms with E-state index in [4.69, 9.17) is 10.00 Å². The number of hydrogen-bond donors (Lipinski definition) is 0. The molecule has 0 atom stereocenters. The van der Waals surface area contributed by atoms with Crippen LogP contribution in [-0.2, 0) is 4.74 Å². The Morgan fingerprint density at radius 3 is 2.81 bits per heavy atom. The van der Waals surface area contributed by atoms with Crippen molar-refractivity contribution in [1.29, 1.82) is 5.26 Å². The molecule has 1 aromatic rings. The first-order valence-corrected chi connectivity index (χ1v) is 5.08. The van der Waals surface area contributed by atoms with Crippen LogP contribution >= 0.6 is 0 Å². The van der Waals surface area contributed by atoms with Crippen LogP contribution in [0, 0.1) is 17.1 Å². The van der Waals surface area contributed by atoms with E-state index >= 15 is 0 Å². The molecule has 0 fully saturated rings. The first-order chi connectivity index (χ1) is 7.67. The molecule has 0 spiro atoms. The maximum atomic E-state index is 13.2. The number of rotatable bonds is 5. The highest BCUT2D eigenvalue weighted by Gasteiger charge is 2.04. The largest absolute Gasteiger partial charge is 0.385 e. The van der Waals surface area contributed by atoms with Crippen LogP contribution in [0.2, 0.25) is 0 Å². The Morgan fingerprint density at radius 2 is 2.19 bits per heavy atom. The lowest BCUT2D eigenvalue weighted by Crippen LogP contribution is -2.19. The molecule has 0 aromatic heterocycles. The van der Waals surface area contributed by atoms with Gasteiger partial charge in [0.15, 0.2) is 0 Å². The van der Waals surface area contributed by atoms with E-state index in [0.717, 1.165) is 13.0 Å². The van der Waals surface area contributed by atoms with Gasteiger partial charge in [0, 0.05) is 33.0 Å². The lowest BCUT2D eigenvalue weighted by atomic mass is 10.2. The maximum absolute atomic E-state index is 13.2. The topological polar surface area (TPSA) is 36.3 Å². The van der Waals surface area contributed by atoms with Crippen molar-refractivity contribution >= 4 is 5.69 Å². The van der Waals surface area contributed by atoms with E-state index < -0.39 is 0 Å². The smallest absolute Gasteiger partial charge is 0.126 e. The van der Waals surface area contributed by atoms with E-state index in [2.05, 4.69) is 0 Å². The van der Waals surface area contributed by atoms with Gasteiger partial charge in [-0.3, -0.25) is 0 Å². The van der Waals surface area contributed by atoms with E-state index in [9.17, 15) is 4.39 Å². The molecule has 0 radical (unpaired) electrons. The lowest BCUT2D eigenvalue weighted by Gasteiger charge is -2.19. The number of nitriles is 1. The molecule has 4 heteroatoms. The quantitative estimate of drug-likeness (QED) is 0.716. The summed E-state index contributed by atoms with van der Waals surface area (Å²) < 4.78 is 18.1. The van der Waals surface area contributed by atoms with Gasteiger partial charge in [-0.1, -0.05) is 0 Å². The summed E-state index contributed by atoms with van der Waals surface area (Å²) >= 11 is 0. The van der Waals surface area contributed by atoms with Crippen LogP contribution < -0.4 is 4.90 Å². The van der Waals surface area contributed by atoms with Gasteiger partial charge in [-0.25, -0.2) is 4.39 Å². The molecule has 0 aliphatic rings. The Kier molecular flexibility index (Phi) is 4.74. The summed E-state index contributed by atoms with van der Waals surface area (Å²) in [5, 5.41) is 8.73. The number of methoxy groups -OCH3 is 1. The van der Waals surface area contributed by atoms with Gasteiger partial charge in [0.05, 0.1) is 11.6 Å². The second-order valence-electron chi connectivity index (χ2n) is 3.58. The normalized spacial score (nSPS) is 9.88. The van der Waals surface area contributed by atoms with E-state index in [-0.39, 0.29) is 5.82 Å². The fraction of sp³-hybridized carbons (Fsp3) is 0.417. The first-order valence-electron chi connectivity index (χ1n) is 5.08. The molecule has 0 saturated heterocycles. The number of ether oxygens (including phenoxy) is 1. The first kappa shape index (κ1) is 12.5. The Labute approximate surface area is 95.1 Å². The van der Waals surface area contributed by atoms with Crippen molar-refractivity contribution in [3.05, 3.63) is 29.6 Å².